The highest BCUT2D eigenvalue weighted by atomic mass is 16.6. The van der Waals surface area contributed by atoms with E-state index in [1.807, 2.05) is 38.1 Å². The van der Waals surface area contributed by atoms with Gasteiger partial charge in [-0.2, -0.15) is 0 Å². The lowest BCUT2D eigenvalue weighted by Gasteiger charge is -2.54. The zero-order valence-electron chi connectivity index (χ0n) is 19.8. The number of carbonyl (C=O) groups is 2. The van der Waals surface area contributed by atoms with Crippen LogP contribution in [0.5, 0.6) is 5.75 Å². The number of hydrogen-bond acceptors (Lipinski definition) is 5. The maximum Gasteiger partial charge on any atom is 0.321 e. The zero-order chi connectivity index (χ0) is 23.8. The Kier molecular flexibility index (Phi) is 6.56. The highest BCUT2D eigenvalue weighted by molar-refractivity contribution is 6.04. The number of anilines is 1. The second-order valence-corrected chi connectivity index (χ2v) is 9.48. The molecule has 4 rings (SSSR count). The van der Waals surface area contributed by atoms with E-state index < -0.39 is 10.6 Å². The summed E-state index contributed by atoms with van der Waals surface area (Å²) in [5, 5.41) is 19.9. The first-order valence-corrected chi connectivity index (χ1v) is 11.7. The quantitative estimate of drug-likeness (QED) is 0.530. The average molecular weight is 452 g/mol. The molecule has 5 atom stereocenters. The molecular weight excluding hydrogens is 418 g/mol. The van der Waals surface area contributed by atoms with Gasteiger partial charge in [-0.15, -0.1) is 0 Å². The van der Waals surface area contributed by atoms with Gasteiger partial charge in [-0.05, 0) is 68.7 Å². The fourth-order valence-electron chi connectivity index (χ4n) is 5.30. The van der Waals surface area contributed by atoms with E-state index in [-0.39, 0.29) is 29.8 Å². The molecule has 176 valence electrons. The average Bonchev–Trinajstić information content (AvgIpc) is 2.79. The van der Waals surface area contributed by atoms with Gasteiger partial charge in [0.2, 0.25) is 0 Å². The summed E-state index contributed by atoms with van der Waals surface area (Å²) < 4.78 is 4.66. The van der Waals surface area contributed by atoms with Crippen molar-refractivity contribution < 1.29 is 19.0 Å². The summed E-state index contributed by atoms with van der Waals surface area (Å²) in [6.07, 6.45) is 1.35. The first kappa shape index (κ1) is 23.4. The van der Waals surface area contributed by atoms with Crippen LogP contribution in [-0.2, 0) is 4.79 Å². The Bertz CT molecular complexity index is 1050. The Morgan fingerprint density at radius 1 is 1.24 bits per heavy atom. The van der Waals surface area contributed by atoms with Crippen molar-refractivity contribution in [3.05, 3.63) is 64.4 Å². The number of fused-ring (bicyclic) bond motifs is 1. The molecular formula is C26H33N3O4. The van der Waals surface area contributed by atoms with Crippen molar-refractivity contribution in [3.63, 3.8) is 0 Å². The molecule has 0 spiro atoms. The van der Waals surface area contributed by atoms with E-state index in [2.05, 4.69) is 17.6 Å². The van der Waals surface area contributed by atoms with E-state index in [0.29, 0.717) is 36.4 Å². The minimum atomic E-state index is -0.832. The van der Waals surface area contributed by atoms with Crippen LogP contribution in [0.15, 0.2) is 42.5 Å². The van der Waals surface area contributed by atoms with E-state index in [1.165, 1.54) is 7.05 Å². The summed E-state index contributed by atoms with van der Waals surface area (Å²) in [4.78, 5) is 26.2. The first-order valence-electron chi connectivity index (χ1n) is 11.7. The van der Waals surface area contributed by atoms with Crippen LogP contribution in [0.1, 0.15) is 54.1 Å². The molecule has 2 aliphatic heterocycles. The number of ether oxygens (including phenoxy) is 1. The highest BCUT2D eigenvalue weighted by Gasteiger charge is 2.50. The lowest BCUT2D eigenvalue weighted by Crippen LogP contribution is -2.65. The fraction of sp³-hybridized carbons (Fsp3) is 0.462. The number of hydrogen-bond donors (Lipinski definition) is 2. The monoisotopic (exact) mass is 451 g/mol. The molecule has 0 radical (unpaired) electrons. The maximum absolute atomic E-state index is 13.5. The maximum atomic E-state index is 13.5. The van der Waals surface area contributed by atoms with Crippen molar-refractivity contribution in [1.82, 2.24) is 5.32 Å². The Balaban J connectivity index is 1.58. The lowest BCUT2D eigenvalue weighted by molar-refractivity contribution is -0.822. The second kappa shape index (κ2) is 9.25. The number of aryl methyl sites for hydroxylation is 1. The Morgan fingerprint density at radius 3 is 2.79 bits per heavy atom. The molecule has 0 bridgehead atoms. The number of rotatable bonds is 5. The van der Waals surface area contributed by atoms with Crippen LogP contribution in [0.4, 0.5) is 5.69 Å². The summed E-state index contributed by atoms with van der Waals surface area (Å²) in [6, 6.07) is 12.6. The van der Waals surface area contributed by atoms with Crippen LogP contribution >= 0.6 is 0 Å². The number of amides is 2. The molecule has 2 fully saturated rings. The summed E-state index contributed by atoms with van der Waals surface area (Å²) in [7, 11) is 1.51. The van der Waals surface area contributed by atoms with E-state index in [9.17, 15) is 14.8 Å². The number of likely N-dealkylation sites (N-methyl/N-ethyl adjacent to an activating group) is 1. The van der Waals surface area contributed by atoms with Crippen molar-refractivity contribution in [2.24, 2.45) is 5.92 Å². The number of likely N-dealkylation sites (tertiary alicyclic amines) is 1. The number of quaternary nitrogens is 1. The molecule has 2 aromatic rings. The molecule has 5 unspecified atom stereocenters. The van der Waals surface area contributed by atoms with Crippen LogP contribution in [0.3, 0.4) is 0 Å². The van der Waals surface area contributed by atoms with Gasteiger partial charge >= 0.3 is 5.91 Å². The van der Waals surface area contributed by atoms with Crippen molar-refractivity contribution in [2.75, 3.05) is 25.5 Å². The summed E-state index contributed by atoms with van der Waals surface area (Å²) in [5.74, 6) is -0.245. The molecule has 2 N–H and O–H groups in total. The van der Waals surface area contributed by atoms with Crippen LogP contribution in [0.2, 0.25) is 0 Å². The summed E-state index contributed by atoms with van der Waals surface area (Å²) in [5.41, 5.74) is 2.86. The predicted octanol–water partition coefficient (Wildman–Crippen LogP) is 3.97. The Morgan fingerprint density at radius 2 is 2.03 bits per heavy atom. The molecule has 0 aromatic heterocycles. The van der Waals surface area contributed by atoms with Crippen LogP contribution in [-0.4, -0.2) is 48.7 Å². The molecule has 33 heavy (non-hydrogen) atoms. The molecule has 7 heteroatoms. The molecule has 2 aliphatic rings. The SMILES string of the molecule is CCOc1cccc(C(=O)Nc2ccc(C)c(C3CC4CNC(C)CC4[N+](C)([O-])C3=O)c2)c1. The lowest BCUT2D eigenvalue weighted by atomic mass is 9.74. The number of nitrogens with zero attached hydrogens (tertiary/aromatic N) is 1. The molecule has 2 saturated heterocycles. The van der Waals surface area contributed by atoms with Crippen molar-refractivity contribution in [3.8, 4) is 5.75 Å². The van der Waals surface area contributed by atoms with Gasteiger partial charge in [-0.3, -0.25) is 9.44 Å². The number of carbonyl (C=O) groups excluding carboxylic acids is 2. The van der Waals surface area contributed by atoms with Crippen molar-refractivity contribution >= 4 is 17.5 Å². The molecule has 0 saturated carbocycles. The summed E-state index contributed by atoms with van der Waals surface area (Å²) >= 11 is 0. The van der Waals surface area contributed by atoms with Gasteiger partial charge in [0.15, 0.2) is 0 Å². The largest absolute Gasteiger partial charge is 0.625 e. The van der Waals surface area contributed by atoms with E-state index >= 15 is 0 Å². The standard InChI is InChI=1S/C26H33N3O4/c1-5-33-21-8-6-7-18(12-21)25(30)28-20-10-9-16(2)22(14-20)23-13-19-15-27-17(3)11-24(19)29(4,32)26(23)31/h6-10,12,14,17,19,23-24,27H,5,11,13,15H2,1-4H3,(H,28,30). The number of hydroxylamine groups is 3. The van der Waals surface area contributed by atoms with Gasteiger partial charge < -0.3 is 20.6 Å². The van der Waals surface area contributed by atoms with E-state index in [1.54, 1.807) is 18.2 Å². The Hall–Kier alpha value is -2.74. The molecule has 2 amide bonds. The molecule has 2 aromatic carbocycles. The second-order valence-electron chi connectivity index (χ2n) is 9.48. The van der Waals surface area contributed by atoms with Crippen molar-refractivity contribution in [2.45, 2.75) is 51.6 Å². The van der Waals surface area contributed by atoms with Crippen LogP contribution in [0, 0.1) is 18.0 Å². The molecule has 2 heterocycles. The van der Waals surface area contributed by atoms with Gasteiger partial charge in [-0.25, -0.2) is 4.79 Å². The minimum absolute atomic E-state index is 0.144. The normalized spacial score (nSPS) is 29.3. The van der Waals surface area contributed by atoms with Crippen LogP contribution in [0.25, 0.3) is 0 Å². The van der Waals surface area contributed by atoms with E-state index in [0.717, 1.165) is 17.7 Å². The predicted molar refractivity (Wildman–Crippen MR) is 128 cm³/mol. The van der Waals surface area contributed by atoms with Gasteiger partial charge in [0.05, 0.1) is 13.7 Å². The van der Waals surface area contributed by atoms with Crippen molar-refractivity contribution in [1.29, 1.82) is 0 Å². The molecule has 0 aliphatic carbocycles. The number of piperidine rings is 2. The fourth-order valence-corrected chi connectivity index (χ4v) is 5.30. The third kappa shape index (κ3) is 4.67. The van der Waals surface area contributed by atoms with Gasteiger partial charge in [0.25, 0.3) is 5.91 Å². The minimum Gasteiger partial charge on any atom is -0.625 e. The third-order valence-corrected chi connectivity index (χ3v) is 7.09. The topological polar surface area (TPSA) is 90.5 Å². The van der Waals surface area contributed by atoms with Gasteiger partial charge in [0, 0.05) is 36.2 Å². The van der Waals surface area contributed by atoms with E-state index in [4.69, 9.17) is 4.74 Å². The third-order valence-electron chi connectivity index (χ3n) is 7.09. The van der Waals surface area contributed by atoms with Gasteiger partial charge in [0.1, 0.15) is 17.7 Å². The number of nitrogens with one attached hydrogen (secondary N) is 2. The smallest absolute Gasteiger partial charge is 0.321 e. The molecule has 7 nitrogen and oxygen atoms in total. The Labute approximate surface area is 195 Å². The van der Waals surface area contributed by atoms with Crippen LogP contribution < -0.4 is 15.4 Å². The highest BCUT2D eigenvalue weighted by Crippen LogP contribution is 2.42. The van der Waals surface area contributed by atoms with Gasteiger partial charge in [-0.1, -0.05) is 12.1 Å². The number of benzene rings is 2. The first-order chi connectivity index (χ1) is 15.7. The summed E-state index contributed by atoms with van der Waals surface area (Å²) in [6.45, 7) is 7.17. The zero-order valence-corrected chi connectivity index (χ0v) is 19.8.